The van der Waals surface area contributed by atoms with E-state index in [2.05, 4.69) is 4.98 Å². The predicted molar refractivity (Wildman–Crippen MR) is 96.7 cm³/mol. The van der Waals surface area contributed by atoms with Crippen molar-refractivity contribution in [3.8, 4) is 6.07 Å². The van der Waals surface area contributed by atoms with Crippen molar-refractivity contribution < 1.29 is 18.4 Å². The van der Waals surface area contributed by atoms with Gasteiger partial charge in [-0.2, -0.15) is 5.26 Å². The molecule has 3 rings (SSSR count). The zero-order valence-corrected chi connectivity index (χ0v) is 15.0. The number of alkyl halides is 2. The minimum atomic E-state index is -3.17. The first-order valence-corrected chi connectivity index (χ1v) is 8.64. The Balaban J connectivity index is 1.88. The topological polar surface area (TPSA) is 120 Å². The fraction of sp³-hybridized carbons (Fsp3) is 0.368. The third-order valence-electron chi connectivity index (χ3n) is 5.01. The highest BCUT2D eigenvalue weighted by molar-refractivity contribution is 6.10. The highest BCUT2D eigenvalue weighted by atomic mass is 19.3. The lowest BCUT2D eigenvalue weighted by Crippen LogP contribution is -2.50. The van der Waals surface area contributed by atoms with Crippen molar-refractivity contribution in [3.05, 3.63) is 46.4 Å². The summed E-state index contributed by atoms with van der Waals surface area (Å²) in [4.78, 5) is 40.7. The minimum Gasteiger partial charge on any atom is -0.328 e. The molecule has 1 saturated heterocycles. The number of aromatic nitrogens is 1. The van der Waals surface area contributed by atoms with Gasteiger partial charge in [-0.3, -0.25) is 14.4 Å². The number of likely N-dealkylation sites (tertiary alicyclic amines) is 1. The molecular formula is C19H18F2N4O3. The lowest BCUT2D eigenvalue weighted by molar-refractivity contribution is -0.134. The van der Waals surface area contributed by atoms with Crippen molar-refractivity contribution in [1.82, 2.24) is 9.88 Å². The molecule has 7 nitrogen and oxygen atoms in total. The first kappa shape index (κ1) is 19.6. The molecule has 1 aromatic carbocycles. The molecule has 1 aliphatic heterocycles. The number of hydrogen-bond acceptors (Lipinski definition) is 5. The second kappa shape index (κ2) is 7.13. The quantitative estimate of drug-likeness (QED) is 0.768. The Bertz CT molecular complexity index is 1040. The lowest BCUT2D eigenvalue weighted by atomic mass is 9.90. The second-order valence-electron chi connectivity index (χ2n) is 6.93. The van der Waals surface area contributed by atoms with Gasteiger partial charge < -0.3 is 15.6 Å². The molecule has 1 fully saturated rings. The Morgan fingerprint density at radius 2 is 2.00 bits per heavy atom. The van der Waals surface area contributed by atoms with E-state index >= 15 is 0 Å². The summed E-state index contributed by atoms with van der Waals surface area (Å²) in [5, 5.41) is 9.77. The van der Waals surface area contributed by atoms with Crippen molar-refractivity contribution in [2.75, 3.05) is 6.54 Å². The van der Waals surface area contributed by atoms with Crippen LogP contribution in [0.5, 0.6) is 0 Å². The molecular weight excluding hydrogens is 370 g/mol. The molecule has 1 amide bonds. The van der Waals surface area contributed by atoms with Gasteiger partial charge in [-0.1, -0.05) is 25.1 Å². The maximum atomic E-state index is 13.6. The van der Waals surface area contributed by atoms with E-state index in [1.54, 1.807) is 30.3 Å². The van der Waals surface area contributed by atoms with Crippen LogP contribution in [0.1, 0.15) is 23.7 Å². The Morgan fingerprint density at radius 3 is 2.64 bits per heavy atom. The van der Waals surface area contributed by atoms with Gasteiger partial charge in [0, 0.05) is 29.5 Å². The van der Waals surface area contributed by atoms with E-state index in [9.17, 15) is 23.2 Å². The van der Waals surface area contributed by atoms with Crippen molar-refractivity contribution in [2.24, 2.45) is 11.7 Å². The van der Waals surface area contributed by atoms with Gasteiger partial charge in [-0.25, -0.2) is 8.78 Å². The van der Waals surface area contributed by atoms with E-state index < -0.39 is 48.6 Å². The summed E-state index contributed by atoms with van der Waals surface area (Å²) >= 11 is 0. The number of aromatic amines is 1. The molecule has 9 heteroatoms. The Labute approximate surface area is 158 Å². The number of nitriles is 1. The van der Waals surface area contributed by atoms with E-state index in [-0.39, 0.29) is 11.1 Å². The Morgan fingerprint density at radius 1 is 1.36 bits per heavy atom. The third kappa shape index (κ3) is 3.39. The van der Waals surface area contributed by atoms with Crippen molar-refractivity contribution in [2.45, 2.75) is 31.4 Å². The molecule has 3 atom stereocenters. The van der Waals surface area contributed by atoms with Crippen LogP contribution >= 0.6 is 0 Å². The standard InChI is InChI=1S/C19H18F2N4O3/c1-10(15(23)18(28)25-9-19(20,21)6-11(25)7-22)16(26)14-8-24-17(27)13-5-3-2-4-12(13)14/h2-5,8,10-11,15H,6,9,23H2,1H3,(H,24,27). The summed E-state index contributed by atoms with van der Waals surface area (Å²) in [6, 6.07) is 5.47. The fourth-order valence-corrected chi connectivity index (χ4v) is 3.39. The highest BCUT2D eigenvalue weighted by Gasteiger charge is 2.49. The zero-order valence-electron chi connectivity index (χ0n) is 15.0. The van der Waals surface area contributed by atoms with Crippen LogP contribution in [0.4, 0.5) is 8.78 Å². The number of nitrogens with zero attached hydrogens (tertiary/aromatic N) is 2. The monoisotopic (exact) mass is 388 g/mol. The van der Waals surface area contributed by atoms with Crippen LogP contribution in [0.15, 0.2) is 35.3 Å². The zero-order chi connectivity index (χ0) is 20.6. The molecule has 28 heavy (non-hydrogen) atoms. The van der Waals surface area contributed by atoms with E-state index in [1.165, 1.54) is 13.1 Å². The van der Waals surface area contributed by atoms with Crippen LogP contribution in [-0.2, 0) is 4.79 Å². The number of pyridine rings is 1. The number of fused-ring (bicyclic) bond motifs is 1. The molecule has 3 N–H and O–H groups in total. The van der Waals surface area contributed by atoms with Gasteiger partial charge in [0.1, 0.15) is 6.04 Å². The largest absolute Gasteiger partial charge is 0.328 e. The van der Waals surface area contributed by atoms with Gasteiger partial charge in [-0.15, -0.1) is 0 Å². The first-order valence-electron chi connectivity index (χ1n) is 8.64. The van der Waals surface area contributed by atoms with Crippen molar-refractivity contribution in [3.63, 3.8) is 0 Å². The molecule has 0 spiro atoms. The number of nitrogens with one attached hydrogen (secondary N) is 1. The third-order valence-corrected chi connectivity index (χ3v) is 5.01. The van der Waals surface area contributed by atoms with Gasteiger partial charge in [0.05, 0.1) is 18.7 Å². The number of amides is 1. The molecule has 0 aliphatic carbocycles. The van der Waals surface area contributed by atoms with Crippen molar-refractivity contribution in [1.29, 1.82) is 5.26 Å². The normalized spacial score (nSPS) is 20.5. The van der Waals surface area contributed by atoms with E-state index in [0.717, 1.165) is 4.90 Å². The van der Waals surface area contributed by atoms with Crippen LogP contribution in [0, 0.1) is 17.2 Å². The number of H-pyrrole nitrogens is 1. The van der Waals surface area contributed by atoms with Crippen LogP contribution in [-0.4, -0.2) is 46.1 Å². The Kier molecular flexibility index (Phi) is 5.00. The first-order chi connectivity index (χ1) is 13.2. The number of nitrogens with two attached hydrogens (primary N) is 1. The fourth-order valence-electron chi connectivity index (χ4n) is 3.39. The van der Waals surface area contributed by atoms with E-state index in [0.29, 0.717) is 10.8 Å². The SMILES string of the molecule is CC(C(=O)c1c[nH]c(=O)c2ccccc12)C(N)C(=O)N1CC(F)(F)CC1C#N. The maximum Gasteiger partial charge on any atom is 0.268 e. The number of Topliss-reactive ketones (excluding diaryl/α,β-unsaturated/α-hetero) is 1. The van der Waals surface area contributed by atoms with Gasteiger partial charge >= 0.3 is 0 Å². The van der Waals surface area contributed by atoms with Crippen LogP contribution < -0.4 is 11.3 Å². The number of halogens is 2. The number of benzene rings is 1. The molecule has 0 radical (unpaired) electrons. The molecule has 3 unspecified atom stereocenters. The van der Waals surface area contributed by atoms with Crippen molar-refractivity contribution >= 4 is 22.5 Å². The summed E-state index contributed by atoms with van der Waals surface area (Å²) in [5.41, 5.74) is 5.73. The Hall–Kier alpha value is -3.12. The summed E-state index contributed by atoms with van der Waals surface area (Å²) in [5.74, 6) is -5.60. The van der Waals surface area contributed by atoms with Gasteiger partial charge in [-0.05, 0) is 11.5 Å². The predicted octanol–water partition coefficient (Wildman–Crippen LogP) is 1.43. The minimum absolute atomic E-state index is 0.175. The van der Waals surface area contributed by atoms with Crippen LogP contribution in [0.25, 0.3) is 10.8 Å². The summed E-state index contributed by atoms with van der Waals surface area (Å²) in [7, 11) is 0. The highest BCUT2D eigenvalue weighted by Crippen LogP contribution is 2.32. The van der Waals surface area contributed by atoms with E-state index in [1.807, 2.05) is 0 Å². The maximum absolute atomic E-state index is 13.6. The van der Waals surface area contributed by atoms with Crippen LogP contribution in [0.2, 0.25) is 0 Å². The number of carbonyl (C=O) groups excluding carboxylic acids is 2. The van der Waals surface area contributed by atoms with Gasteiger partial charge in [0.15, 0.2) is 5.78 Å². The molecule has 0 bridgehead atoms. The molecule has 2 aromatic rings. The van der Waals surface area contributed by atoms with Gasteiger partial charge in [0.2, 0.25) is 5.91 Å². The molecule has 1 aliphatic rings. The number of hydrogen-bond donors (Lipinski definition) is 2. The smallest absolute Gasteiger partial charge is 0.268 e. The molecule has 1 aromatic heterocycles. The molecule has 146 valence electrons. The summed E-state index contributed by atoms with van der Waals surface area (Å²) in [6.45, 7) is 0.515. The summed E-state index contributed by atoms with van der Waals surface area (Å²) < 4.78 is 27.2. The average molecular weight is 388 g/mol. The lowest BCUT2D eigenvalue weighted by Gasteiger charge is -2.26. The molecule has 2 heterocycles. The van der Waals surface area contributed by atoms with Gasteiger partial charge in [0.25, 0.3) is 11.5 Å². The average Bonchev–Trinajstić information content (AvgIpc) is 3.01. The number of rotatable bonds is 4. The summed E-state index contributed by atoms with van der Waals surface area (Å²) in [6.07, 6.45) is 0.498. The number of ketones is 1. The van der Waals surface area contributed by atoms with E-state index in [4.69, 9.17) is 11.0 Å². The molecule has 0 saturated carbocycles. The number of carbonyl (C=O) groups is 2. The second-order valence-corrected chi connectivity index (χ2v) is 6.93. The van der Waals surface area contributed by atoms with Crippen LogP contribution in [0.3, 0.4) is 0 Å².